The van der Waals surface area contributed by atoms with Gasteiger partial charge in [0.05, 0.1) is 11.1 Å². The van der Waals surface area contributed by atoms with Crippen LogP contribution in [-0.4, -0.2) is 6.26 Å². The minimum atomic E-state index is -5.02. The van der Waals surface area contributed by atoms with Crippen molar-refractivity contribution in [3.8, 4) is 0 Å². The fourth-order valence-corrected chi connectivity index (χ4v) is 2.29. The Bertz CT molecular complexity index is 418. The summed E-state index contributed by atoms with van der Waals surface area (Å²) in [6.07, 6.45) is -8.71. The fourth-order valence-electron chi connectivity index (χ4n) is 1.47. The molecule has 17 heavy (non-hydrogen) atoms. The van der Waals surface area contributed by atoms with Crippen molar-refractivity contribution in [3.63, 3.8) is 0 Å². The van der Waals surface area contributed by atoms with Crippen LogP contribution in [0.15, 0.2) is 17.0 Å². The van der Waals surface area contributed by atoms with E-state index in [1.54, 1.807) is 0 Å². The molecule has 0 bridgehead atoms. The Morgan fingerprint density at radius 3 is 1.82 bits per heavy atom. The van der Waals surface area contributed by atoms with Crippen LogP contribution in [0.2, 0.25) is 0 Å². The first-order chi connectivity index (χ1) is 7.59. The molecule has 0 radical (unpaired) electrons. The van der Waals surface area contributed by atoms with E-state index >= 15 is 0 Å². The van der Waals surface area contributed by atoms with Crippen LogP contribution in [0.4, 0.5) is 26.3 Å². The average Bonchev–Trinajstić information content (AvgIpc) is 2.13. The lowest BCUT2D eigenvalue weighted by atomic mass is 10.0. The van der Waals surface area contributed by atoms with Crippen LogP contribution in [0, 0.1) is 6.92 Å². The van der Waals surface area contributed by atoms with Crippen LogP contribution >= 0.6 is 11.8 Å². The lowest BCUT2D eigenvalue weighted by Gasteiger charge is -2.19. The van der Waals surface area contributed by atoms with Gasteiger partial charge in [-0.15, -0.1) is 11.8 Å². The van der Waals surface area contributed by atoms with Crippen molar-refractivity contribution in [1.29, 1.82) is 0 Å². The predicted molar refractivity (Wildman–Crippen MR) is 53.0 cm³/mol. The highest BCUT2D eigenvalue weighted by molar-refractivity contribution is 7.98. The molecule has 0 atom stereocenters. The second kappa shape index (κ2) is 4.44. The molecular weight excluding hydrogens is 266 g/mol. The number of alkyl halides is 6. The summed E-state index contributed by atoms with van der Waals surface area (Å²) in [5, 5.41) is 0. The smallest absolute Gasteiger partial charge is 0.166 e. The van der Waals surface area contributed by atoms with Gasteiger partial charge in [0.25, 0.3) is 0 Å². The number of thioether (sulfide) groups is 1. The van der Waals surface area contributed by atoms with Crippen molar-refractivity contribution in [3.05, 3.63) is 28.8 Å². The quantitative estimate of drug-likeness (QED) is 0.526. The first kappa shape index (κ1) is 14.2. The lowest BCUT2D eigenvalue weighted by molar-refractivity contribution is -0.163. The molecule has 0 saturated heterocycles. The topological polar surface area (TPSA) is 0 Å². The zero-order valence-electron chi connectivity index (χ0n) is 8.83. The number of aryl methyl sites for hydroxylation is 1. The molecule has 0 saturated carbocycles. The second-order valence-electron chi connectivity index (χ2n) is 3.33. The molecule has 96 valence electrons. The Balaban J connectivity index is 3.64. The van der Waals surface area contributed by atoms with Crippen molar-refractivity contribution in [2.24, 2.45) is 0 Å². The molecule has 0 spiro atoms. The van der Waals surface area contributed by atoms with Crippen LogP contribution in [-0.2, 0) is 12.4 Å². The van der Waals surface area contributed by atoms with Gasteiger partial charge >= 0.3 is 12.4 Å². The Hall–Kier alpha value is -0.850. The number of halogens is 6. The highest BCUT2D eigenvalue weighted by Gasteiger charge is 2.45. The normalized spacial score (nSPS) is 12.9. The molecule has 0 aromatic heterocycles. The van der Waals surface area contributed by atoms with Gasteiger partial charge < -0.3 is 0 Å². The maximum absolute atomic E-state index is 12.7. The molecule has 7 heteroatoms. The van der Waals surface area contributed by atoms with Crippen molar-refractivity contribution in [2.75, 3.05) is 6.26 Å². The molecule has 0 aliphatic carbocycles. The minimum absolute atomic E-state index is 0.179. The summed E-state index contributed by atoms with van der Waals surface area (Å²) in [5.41, 5.74) is -3.06. The van der Waals surface area contributed by atoms with Crippen molar-refractivity contribution in [2.45, 2.75) is 24.2 Å². The Kier molecular flexibility index (Phi) is 3.71. The van der Waals surface area contributed by atoms with E-state index < -0.39 is 23.5 Å². The van der Waals surface area contributed by atoms with E-state index in [1.165, 1.54) is 13.2 Å². The number of hydrogen-bond acceptors (Lipinski definition) is 1. The van der Waals surface area contributed by atoms with Gasteiger partial charge in [0.15, 0.2) is 0 Å². The third-order valence-electron chi connectivity index (χ3n) is 2.15. The zero-order chi connectivity index (χ0) is 13.4. The molecule has 0 unspecified atom stereocenters. The van der Waals surface area contributed by atoms with Crippen LogP contribution in [0.5, 0.6) is 0 Å². The van der Waals surface area contributed by atoms with E-state index in [4.69, 9.17) is 0 Å². The van der Waals surface area contributed by atoms with Gasteiger partial charge in [0.2, 0.25) is 0 Å². The summed E-state index contributed by atoms with van der Waals surface area (Å²) < 4.78 is 75.6. The summed E-state index contributed by atoms with van der Waals surface area (Å²) in [4.78, 5) is -0.382. The molecule has 1 rings (SSSR count). The molecule has 0 amide bonds. The van der Waals surface area contributed by atoms with Gasteiger partial charge in [-0.1, -0.05) is 6.07 Å². The van der Waals surface area contributed by atoms with Crippen LogP contribution < -0.4 is 0 Å². The summed E-state index contributed by atoms with van der Waals surface area (Å²) in [5.74, 6) is 0. The van der Waals surface area contributed by atoms with E-state index in [2.05, 4.69) is 0 Å². The van der Waals surface area contributed by atoms with Gasteiger partial charge in [0.1, 0.15) is 0 Å². The standard InChI is InChI=1S/C10H8F6S/c1-5-3-4-6(9(11,12)13)7(8(5)17-2)10(14,15)16/h3-4H,1-2H3. The number of hydrogen-bond donors (Lipinski definition) is 0. The van der Waals surface area contributed by atoms with Crippen LogP contribution in [0.3, 0.4) is 0 Å². The average molecular weight is 274 g/mol. The second-order valence-corrected chi connectivity index (χ2v) is 4.15. The molecule has 0 heterocycles. The number of benzene rings is 1. The zero-order valence-corrected chi connectivity index (χ0v) is 9.65. The van der Waals surface area contributed by atoms with E-state index in [0.29, 0.717) is 17.8 Å². The molecule has 1 aromatic carbocycles. The first-order valence-electron chi connectivity index (χ1n) is 4.41. The van der Waals surface area contributed by atoms with Gasteiger partial charge in [-0.25, -0.2) is 0 Å². The highest BCUT2D eigenvalue weighted by atomic mass is 32.2. The fraction of sp³-hybridized carbons (Fsp3) is 0.400. The summed E-state index contributed by atoms with van der Waals surface area (Å²) in [7, 11) is 0. The van der Waals surface area contributed by atoms with Gasteiger partial charge in [-0.2, -0.15) is 26.3 Å². The summed E-state index contributed by atoms with van der Waals surface area (Å²) in [6, 6.07) is 1.52. The Morgan fingerprint density at radius 1 is 0.941 bits per heavy atom. The summed E-state index contributed by atoms with van der Waals surface area (Å²) in [6.45, 7) is 1.35. The van der Waals surface area contributed by atoms with Crippen molar-refractivity contribution >= 4 is 11.8 Å². The SMILES string of the molecule is CSc1c(C)ccc(C(F)(F)F)c1C(F)(F)F. The monoisotopic (exact) mass is 274 g/mol. The molecule has 0 nitrogen and oxygen atoms in total. The first-order valence-corrected chi connectivity index (χ1v) is 5.63. The van der Waals surface area contributed by atoms with E-state index in [9.17, 15) is 26.3 Å². The molecule has 0 aliphatic rings. The molecule has 0 aliphatic heterocycles. The maximum atomic E-state index is 12.7. The largest absolute Gasteiger partial charge is 0.418 e. The van der Waals surface area contributed by atoms with Crippen LogP contribution in [0.25, 0.3) is 0 Å². The van der Waals surface area contributed by atoms with Crippen molar-refractivity contribution < 1.29 is 26.3 Å². The van der Waals surface area contributed by atoms with Gasteiger partial charge in [-0.3, -0.25) is 0 Å². The van der Waals surface area contributed by atoms with Gasteiger partial charge in [0, 0.05) is 4.90 Å². The van der Waals surface area contributed by atoms with E-state index in [0.717, 1.165) is 6.07 Å². The Labute approximate surface area is 98.0 Å². The molecule has 0 N–H and O–H groups in total. The van der Waals surface area contributed by atoms with Gasteiger partial charge in [-0.05, 0) is 24.8 Å². The molecular formula is C10H8F6S. The Morgan fingerprint density at radius 2 is 1.47 bits per heavy atom. The molecule has 0 fully saturated rings. The highest BCUT2D eigenvalue weighted by Crippen LogP contribution is 2.45. The minimum Gasteiger partial charge on any atom is -0.166 e. The predicted octanol–water partition coefficient (Wildman–Crippen LogP) is 4.75. The van der Waals surface area contributed by atoms with E-state index in [1.807, 2.05) is 0 Å². The molecule has 1 aromatic rings. The third kappa shape index (κ3) is 2.88. The summed E-state index contributed by atoms with van der Waals surface area (Å²) >= 11 is 0.659. The van der Waals surface area contributed by atoms with Crippen molar-refractivity contribution in [1.82, 2.24) is 0 Å². The van der Waals surface area contributed by atoms with Crippen LogP contribution in [0.1, 0.15) is 16.7 Å². The number of rotatable bonds is 1. The maximum Gasteiger partial charge on any atom is 0.418 e. The van der Waals surface area contributed by atoms with E-state index in [-0.39, 0.29) is 10.5 Å². The third-order valence-corrected chi connectivity index (χ3v) is 3.08. The lowest BCUT2D eigenvalue weighted by Crippen LogP contribution is -2.18.